The van der Waals surface area contributed by atoms with Crippen molar-refractivity contribution in [3.05, 3.63) is 29.6 Å². The lowest BCUT2D eigenvalue weighted by atomic mass is 10.1. The zero-order chi connectivity index (χ0) is 10.7. The van der Waals surface area contributed by atoms with Gasteiger partial charge in [0.2, 0.25) is 0 Å². The van der Waals surface area contributed by atoms with Gasteiger partial charge >= 0.3 is 5.97 Å². The van der Waals surface area contributed by atoms with Gasteiger partial charge in [-0.15, -0.1) is 0 Å². The van der Waals surface area contributed by atoms with E-state index in [1.807, 2.05) is 0 Å². The van der Waals surface area contributed by atoms with Gasteiger partial charge in [-0.05, 0) is 12.1 Å². The lowest BCUT2D eigenvalue weighted by Crippen LogP contribution is -2.15. The quantitative estimate of drug-likeness (QED) is 0.771. The Bertz CT molecular complexity index is 330. The molecule has 0 aliphatic carbocycles. The van der Waals surface area contributed by atoms with Crippen LogP contribution in [0.1, 0.15) is 11.7 Å². The molecule has 0 bridgehead atoms. The number of methoxy groups -OCH3 is 1. The van der Waals surface area contributed by atoms with E-state index in [4.69, 9.17) is 5.11 Å². The molecule has 0 aromatic heterocycles. The van der Waals surface area contributed by atoms with Crippen LogP contribution in [0.15, 0.2) is 18.2 Å². The summed E-state index contributed by atoms with van der Waals surface area (Å²) in [6, 6.07) is 3.54. The number of hydrogen-bond donors (Lipinski definition) is 2. The van der Waals surface area contributed by atoms with Gasteiger partial charge in [0.25, 0.3) is 0 Å². The maximum atomic E-state index is 13.1. The Morgan fingerprint density at radius 2 is 2.21 bits per heavy atom. The molecule has 1 atom stereocenters. The van der Waals surface area contributed by atoms with Crippen LogP contribution in [0.4, 0.5) is 4.39 Å². The fraction of sp³-hybridized carbons (Fsp3) is 0.222. The van der Waals surface area contributed by atoms with E-state index in [9.17, 15) is 14.3 Å². The molecule has 0 saturated carbocycles. The number of aliphatic carboxylic acids is 1. The molecular weight excluding hydrogens is 191 g/mol. The minimum Gasteiger partial charge on any atom is -0.507 e. The van der Waals surface area contributed by atoms with Gasteiger partial charge in [-0.3, -0.25) is 0 Å². The van der Waals surface area contributed by atoms with Gasteiger partial charge in [0.15, 0.2) is 6.10 Å². The van der Waals surface area contributed by atoms with Gasteiger partial charge < -0.3 is 14.9 Å². The minimum atomic E-state index is -1.49. The second kappa shape index (κ2) is 4.06. The summed E-state index contributed by atoms with van der Waals surface area (Å²) < 4.78 is 17.7. The molecule has 0 fully saturated rings. The molecule has 14 heavy (non-hydrogen) atoms. The summed E-state index contributed by atoms with van der Waals surface area (Å²) >= 11 is 0. The Kier molecular flexibility index (Phi) is 3.03. The number of carbonyl (C=O) groups is 1. The molecule has 0 saturated heterocycles. The number of aromatic hydroxyl groups is 1. The smallest absolute Gasteiger partial charge is 0.337 e. The number of benzene rings is 1. The highest BCUT2D eigenvalue weighted by Crippen LogP contribution is 2.28. The number of hydrogen-bond acceptors (Lipinski definition) is 3. The SMILES string of the molecule is CO[C@@H](C(=O)O)c1c(O)cccc1F. The van der Waals surface area contributed by atoms with Crippen molar-refractivity contribution >= 4 is 5.97 Å². The molecule has 0 aliphatic heterocycles. The van der Waals surface area contributed by atoms with Crippen molar-refractivity contribution in [2.45, 2.75) is 6.10 Å². The summed E-state index contributed by atoms with van der Waals surface area (Å²) in [7, 11) is 1.13. The molecule has 0 aliphatic rings. The van der Waals surface area contributed by atoms with E-state index in [1.165, 1.54) is 12.1 Å². The molecule has 0 spiro atoms. The van der Waals surface area contributed by atoms with E-state index in [0.29, 0.717) is 0 Å². The second-order valence-corrected chi connectivity index (χ2v) is 2.63. The first-order valence-corrected chi connectivity index (χ1v) is 3.81. The van der Waals surface area contributed by atoms with Crippen LogP contribution < -0.4 is 0 Å². The molecule has 5 heteroatoms. The number of phenolic OH excluding ortho intramolecular Hbond substituents is 1. The number of rotatable bonds is 3. The monoisotopic (exact) mass is 200 g/mol. The molecular formula is C9H9FO4. The van der Waals surface area contributed by atoms with E-state index >= 15 is 0 Å². The Morgan fingerprint density at radius 1 is 1.57 bits per heavy atom. The fourth-order valence-electron chi connectivity index (χ4n) is 1.13. The molecule has 0 amide bonds. The summed E-state index contributed by atoms with van der Waals surface area (Å²) in [6.07, 6.45) is -1.49. The normalized spacial score (nSPS) is 12.4. The third kappa shape index (κ3) is 1.82. The summed E-state index contributed by atoms with van der Waals surface area (Å²) in [6.45, 7) is 0. The maximum Gasteiger partial charge on any atom is 0.337 e. The highest BCUT2D eigenvalue weighted by molar-refractivity contribution is 5.75. The van der Waals surface area contributed by atoms with Gasteiger partial charge in [0.05, 0.1) is 5.56 Å². The predicted octanol–water partition coefficient (Wildman–Crippen LogP) is 1.30. The van der Waals surface area contributed by atoms with E-state index in [1.54, 1.807) is 0 Å². The predicted molar refractivity (Wildman–Crippen MR) is 45.5 cm³/mol. The van der Waals surface area contributed by atoms with Crippen LogP contribution in [0.2, 0.25) is 0 Å². The van der Waals surface area contributed by atoms with Crippen LogP contribution in [0.25, 0.3) is 0 Å². The number of phenols is 1. The molecule has 0 unspecified atom stereocenters. The van der Waals surface area contributed by atoms with Crippen LogP contribution in [-0.4, -0.2) is 23.3 Å². The largest absolute Gasteiger partial charge is 0.507 e. The van der Waals surface area contributed by atoms with Crippen molar-refractivity contribution in [3.8, 4) is 5.75 Å². The molecule has 1 aromatic rings. The average Bonchev–Trinajstić information content (AvgIpc) is 2.10. The van der Waals surface area contributed by atoms with E-state index in [-0.39, 0.29) is 5.56 Å². The topological polar surface area (TPSA) is 66.8 Å². The first-order chi connectivity index (χ1) is 6.57. The zero-order valence-electron chi connectivity index (χ0n) is 7.40. The van der Waals surface area contributed by atoms with Crippen molar-refractivity contribution in [3.63, 3.8) is 0 Å². The van der Waals surface area contributed by atoms with E-state index in [2.05, 4.69) is 4.74 Å². The third-order valence-corrected chi connectivity index (χ3v) is 1.75. The highest BCUT2D eigenvalue weighted by Gasteiger charge is 2.25. The van der Waals surface area contributed by atoms with Crippen molar-refractivity contribution < 1.29 is 24.1 Å². The van der Waals surface area contributed by atoms with Crippen LogP contribution in [0.5, 0.6) is 5.75 Å². The fourth-order valence-corrected chi connectivity index (χ4v) is 1.13. The summed E-state index contributed by atoms with van der Waals surface area (Å²) in [5, 5.41) is 17.9. The molecule has 1 rings (SSSR count). The highest BCUT2D eigenvalue weighted by atomic mass is 19.1. The van der Waals surface area contributed by atoms with Gasteiger partial charge in [0.1, 0.15) is 11.6 Å². The molecule has 2 N–H and O–H groups in total. The molecule has 0 radical (unpaired) electrons. The van der Waals surface area contributed by atoms with Gasteiger partial charge in [0, 0.05) is 7.11 Å². The van der Waals surface area contributed by atoms with Crippen molar-refractivity contribution in [2.75, 3.05) is 7.11 Å². The number of carboxylic acid groups (broad SMARTS) is 1. The Balaban J connectivity index is 3.22. The molecule has 76 valence electrons. The summed E-state index contributed by atoms with van der Waals surface area (Å²) in [5.41, 5.74) is -0.359. The summed E-state index contributed by atoms with van der Waals surface area (Å²) in [5.74, 6) is -2.59. The lowest BCUT2D eigenvalue weighted by molar-refractivity contribution is -0.149. The average molecular weight is 200 g/mol. The Labute approximate surface area is 79.6 Å². The van der Waals surface area contributed by atoms with Crippen LogP contribution in [0.3, 0.4) is 0 Å². The maximum absolute atomic E-state index is 13.1. The number of carboxylic acids is 1. The van der Waals surface area contributed by atoms with Crippen LogP contribution >= 0.6 is 0 Å². The molecule has 1 aromatic carbocycles. The van der Waals surface area contributed by atoms with Crippen molar-refractivity contribution in [1.82, 2.24) is 0 Å². The first kappa shape index (κ1) is 10.5. The summed E-state index contributed by atoms with van der Waals surface area (Å²) in [4.78, 5) is 10.6. The van der Waals surface area contributed by atoms with Crippen LogP contribution in [-0.2, 0) is 9.53 Å². The van der Waals surface area contributed by atoms with E-state index < -0.39 is 23.6 Å². The number of halogens is 1. The third-order valence-electron chi connectivity index (χ3n) is 1.75. The second-order valence-electron chi connectivity index (χ2n) is 2.63. The van der Waals surface area contributed by atoms with Crippen LogP contribution in [0, 0.1) is 5.82 Å². The van der Waals surface area contributed by atoms with Crippen molar-refractivity contribution in [2.24, 2.45) is 0 Å². The number of ether oxygens (including phenoxy) is 1. The van der Waals surface area contributed by atoms with Crippen molar-refractivity contribution in [1.29, 1.82) is 0 Å². The Morgan fingerprint density at radius 3 is 2.64 bits per heavy atom. The van der Waals surface area contributed by atoms with Gasteiger partial charge in [-0.25, -0.2) is 9.18 Å². The molecule has 4 nitrogen and oxygen atoms in total. The minimum absolute atomic E-state index is 0.359. The zero-order valence-corrected chi connectivity index (χ0v) is 7.40. The molecule has 0 heterocycles. The first-order valence-electron chi connectivity index (χ1n) is 3.81. The Hall–Kier alpha value is -1.62. The van der Waals surface area contributed by atoms with Gasteiger partial charge in [-0.2, -0.15) is 0 Å². The lowest BCUT2D eigenvalue weighted by Gasteiger charge is -2.12. The van der Waals surface area contributed by atoms with Gasteiger partial charge in [-0.1, -0.05) is 6.07 Å². The van der Waals surface area contributed by atoms with E-state index in [0.717, 1.165) is 13.2 Å². The standard InChI is InChI=1S/C9H9FO4/c1-14-8(9(12)13)7-5(10)3-2-4-6(7)11/h2-4,8,11H,1H3,(H,12,13)/t8-/m1/s1.